The molecule has 1 saturated heterocycles. The number of primary amides is 1. The smallest absolute Gasteiger partial charge is 0.317 e. The van der Waals surface area contributed by atoms with Gasteiger partial charge >= 0.3 is 17.9 Å². The maximum atomic E-state index is 13.7. The summed E-state index contributed by atoms with van der Waals surface area (Å²) < 4.78 is 0. The van der Waals surface area contributed by atoms with Crippen LogP contribution < -0.4 is 43.8 Å². The molecule has 1 fully saturated rings. The van der Waals surface area contributed by atoms with Gasteiger partial charge in [-0.15, -0.1) is 0 Å². The molecule has 0 radical (unpaired) electrons. The Morgan fingerprint density at radius 2 is 1.03 bits per heavy atom. The zero-order chi connectivity index (χ0) is 52.8. The number of amides is 7. The van der Waals surface area contributed by atoms with Crippen LogP contribution in [0.5, 0.6) is 0 Å². The van der Waals surface area contributed by atoms with Crippen molar-refractivity contribution in [3.8, 4) is 0 Å². The van der Waals surface area contributed by atoms with E-state index in [4.69, 9.17) is 17.2 Å². The van der Waals surface area contributed by atoms with E-state index in [2.05, 4.69) is 43.3 Å². The fraction of sp³-hybridized carbons (Fsp3) is 0.714. The van der Waals surface area contributed by atoms with E-state index in [1.807, 2.05) is 13.8 Å². The number of unbranched alkanes of at least 4 members (excludes halogenated alkanes) is 1. The van der Waals surface area contributed by atoms with Gasteiger partial charge in [0.25, 0.3) is 0 Å². The number of guanidine groups is 1. The van der Waals surface area contributed by atoms with E-state index in [1.165, 1.54) is 0 Å². The van der Waals surface area contributed by atoms with Gasteiger partial charge in [-0.3, -0.25) is 72.5 Å². The highest BCUT2D eigenvalue weighted by Crippen LogP contribution is 2.09. The van der Waals surface area contributed by atoms with Crippen molar-refractivity contribution in [3.63, 3.8) is 0 Å². The van der Waals surface area contributed by atoms with Crippen molar-refractivity contribution >= 4 is 71.9 Å². The third-order valence-corrected chi connectivity index (χ3v) is 10.8. The van der Waals surface area contributed by atoms with E-state index in [9.17, 15) is 68.4 Å². The number of aliphatic carboxylic acids is 3. The number of nitrogens with one attached hydrogen (secondary N) is 5. The van der Waals surface area contributed by atoms with Crippen molar-refractivity contribution in [1.82, 2.24) is 46.2 Å². The second-order valence-electron chi connectivity index (χ2n) is 17.2. The third-order valence-electron chi connectivity index (χ3n) is 10.8. The zero-order valence-electron chi connectivity index (χ0n) is 40.1. The van der Waals surface area contributed by atoms with Crippen LogP contribution in [0.25, 0.3) is 0 Å². The minimum Gasteiger partial charge on any atom is -0.480 e. The molecule has 0 bridgehead atoms. The molecule has 1 heterocycles. The molecule has 0 unspecified atom stereocenters. The number of aliphatic hydroxyl groups is 1. The molecule has 0 aromatic carbocycles. The molecule has 1 rings (SSSR count). The highest BCUT2D eigenvalue weighted by molar-refractivity contribution is 5.95. The summed E-state index contributed by atoms with van der Waals surface area (Å²) in [7, 11) is 0. The number of hydrogen-bond acceptors (Lipinski definition) is 16. The number of carboxylic acid groups (broad SMARTS) is 3. The molecule has 0 aromatic rings. The minimum absolute atomic E-state index is 0.0349. The van der Waals surface area contributed by atoms with E-state index >= 15 is 0 Å². The number of nitrogens with two attached hydrogens (primary N) is 3. The molecule has 0 spiro atoms. The monoisotopic (exact) mass is 999 g/mol. The molecular formula is C42H74N14O14. The molecule has 0 saturated carbocycles. The number of carboxylic acids is 3. The Bertz CT molecular complexity index is 1770. The fourth-order valence-corrected chi connectivity index (χ4v) is 7.07. The van der Waals surface area contributed by atoms with Crippen molar-refractivity contribution in [2.45, 2.75) is 89.4 Å². The van der Waals surface area contributed by atoms with Crippen molar-refractivity contribution in [3.05, 3.63) is 0 Å². The first-order valence-electron chi connectivity index (χ1n) is 23.0. The van der Waals surface area contributed by atoms with Crippen LogP contribution in [0.2, 0.25) is 0 Å². The van der Waals surface area contributed by atoms with Crippen molar-refractivity contribution in [2.24, 2.45) is 33.1 Å². The van der Waals surface area contributed by atoms with Crippen molar-refractivity contribution < 1.29 is 68.4 Å². The number of carbonyl (C=O) groups excluding carboxylic acids is 7. The number of carbonyl (C=O) groups is 10. The average Bonchev–Trinajstić information content (AvgIpc) is 3.27. The standard InChI is InChI=1S/C42H74N14O14/c1-27(2)21-30(40(69)51-29(7-6-12-48-42(44)45)39(68)52-31(26-57)41(70)50-28(38(43)67)9-10-32(58)46-3)49-33(59)8-4-5-11-47-34(60)22-53-13-15-54(23-35(61)62)17-19-56(25-37(65)66)20-18-55(16-14-53)24-36(63)64/h27-31,57H,3-26H2,1-2H3,(H2,43,67)(H,47,60)(H,49,59)(H,50,70)(H,51,69)(H,52,68)(H,61,62)(H,63,64)(H,65,66)(H4,44,45,48)/t28-,29-,30-,31-/m0/s1. The van der Waals surface area contributed by atoms with Crippen LogP contribution in [0.4, 0.5) is 0 Å². The highest BCUT2D eigenvalue weighted by Gasteiger charge is 2.31. The topological polar surface area (TPSA) is 428 Å². The Kier molecular flexibility index (Phi) is 30.0. The van der Waals surface area contributed by atoms with Gasteiger partial charge in [0.1, 0.15) is 24.2 Å². The summed E-state index contributed by atoms with van der Waals surface area (Å²) in [6, 6.07) is -5.41. The number of rotatable bonds is 31. The predicted molar refractivity (Wildman–Crippen MR) is 253 cm³/mol. The number of aliphatic hydroxyl groups excluding tert-OH is 1. The second kappa shape index (κ2) is 34.0. The molecule has 0 aliphatic carbocycles. The van der Waals surface area contributed by atoms with Gasteiger partial charge in [0.15, 0.2) is 5.96 Å². The maximum absolute atomic E-state index is 13.7. The molecule has 28 nitrogen and oxygen atoms in total. The molecule has 1 aliphatic rings. The van der Waals surface area contributed by atoms with Gasteiger partial charge in [-0.2, -0.15) is 0 Å². The average molecular weight is 999 g/mol. The Labute approximate surface area is 406 Å². The van der Waals surface area contributed by atoms with Gasteiger partial charge in [-0.1, -0.05) is 13.8 Å². The molecule has 0 aromatic heterocycles. The number of hydrogen-bond donors (Lipinski definition) is 12. The van der Waals surface area contributed by atoms with Crippen LogP contribution in [0.3, 0.4) is 0 Å². The van der Waals surface area contributed by atoms with E-state index in [0.717, 1.165) is 0 Å². The summed E-state index contributed by atoms with van der Waals surface area (Å²) in [5.41, 5.74) is 16.2. The lowest BCUT2D eigenvalue weighted by atomic mass is 10.0. The quantitative estimate of drug-likeness (QED) is 0.0175. The van der Waals surface area contributed by atoms with Gasteiger partial charge in [0, 0.05) is 78.3 Å². The van der Waals surface area contributed by atoms with Gasteiger partial charge in [0.2, 0.25) is 41.4 Å². The largest absolute Gasteiger partial charge is 0.480 e. The molecule has 28 heteroatoms. The Balaban J connectivity index is 2.95. The van der Waals surface area contributed by atoms with Gasteiger partial charge < -0.3 is 64.2 Å². The lowest BCUT2D eigenvalue weighted by Crippen LogP contribution is -2.59. The lowest BCUT2D eigenvalue weighted by molar-refractivity contribution is -0.140. The summed E-state index contributed by atoms with van der Waals surface area (Å²) in [4.78, 5) is 138. The highest BCUT2D eigenvalue weighted by atomic mass is 16.4. The van der Waals surface area contributed by atoms with Crippen LogP contribution in [0, 0.1) is 5.92 Å². The first-order valence-corrected chi connectivity index (χ1v) is 23.0. The molecule has 396 valence electrons. The zero-order valence-corrected chi connectivity index (χ0v) is 40.1. The summed E-state index contributed by atoms with van der Waals surface area (Å²) in [5, 5.41) is 51.0. The van der Waals surface area contributed by atoms with Crippen molar-refractivity contribution in [1.29, 1.82) is 0 Å². The number of nitrogens with zero attached hydrogens (tertiary/aromatic N) is 6. The molecule has 1 aliphatic heterocycles. The van der Waals surface area contributed by atoms with Crippen molar-refractivity contribution in [2.75, 3.05) is 98.2 Å². The predicted octanol–water partition coefficient (Wildman–Crippen LogP) is -5.73. The molecular weight excluding hydrogens is 925 g/mol. The van der Waals surface area contributed by atoms with E-state index < -0.39 is 84.1 Å². The molecule has 70 heavy (non-hydrogen) atoms. The van der Waals surface area contributed by atoms with Crippen LogP contribution >= 0.6 is 0 Å². The van der Waals surface area contributed by atoms with Crippen LogP contribution in [0.15, 0.2) is 9.98 Å². The summed E-state index contributed by atoms with van der Waals surface area (Å²) in [6.45, 7) is 6.96. The Hall–Kier alpha value is -6.36. The third kappa shape index (κ3) is 28.2. The fourth-order valence-electron chi connectivity index (χ4n) is 7.07. The number of aliphatic imine (C=N–C) groups is 2. The summed E-state index contributed by atoms with van der Waals surface area (Å²) in [6.07, 6.45) is 0.418. The van der Waals surface area contributed by atoms with E-state index in [-0.39, 0.29) is 148 Å². The van der Waals surface area contributed by atoms with E-state index in [0.29, 0.717) is 12.8 Å². The molecule has 7 amide bonds. The lowest BCUT2D eigenvalue weighted by Gasteiger charge is -2.32. The first-order chi connectivity index (χ1) is 33.0. The second-order valence-corrected chi connectivity index (χ2v) is 17.2. The summed E-state index contributed by atoms with van der Waals surface area (Å²) >= 11 is 0. The van der Waals surface area contributed by atoms with Gasteiger partial charge in [-0.05, 0) is 51.2 Å². The van der Waals surface area contributed by atoms with E-state index in [1.54, 1.807) is 19.6 Å². The van der Waals surface area contributed by atoms with Gasteiger partial charge in [-0.25, -0.2) is 4.99 Å². The van der Waals surface area contributed by atoms with Gasteiger partial charge in [0.05, 0.1) is 32.8 Å². The molecule has 4 atom stereocenters. The Morgan fingerprint density at radius 1 is 0.571 bits per heavy atom. The first kappa shape index (κ1) is 61.7. The maximum Gasteiger partial charge on any atom is 0.317 e. The van der Waals surface area contributed by atoms with Crippen LogP contribution in [-0.2, 0) is 47.9 Å². The SMILES string of the molecule is C=NC(=O)CC[C@H](NC(=O)[C@H](CO)NC(=O)[C@H](CCCN=C(N)N)NC(=O)[C@H](CC(C)C)NC(=O)CCCCNC(=O)CN1CCN(CC(=O)O)CCN(CC(=O)O)CCN(CC(=O)O)CC1)C(N)=O. The summed E-state index contributed by atoms with van der Waals surface area (Å²) in [5.74, 6) is -8.68. The molecule has 15 N–H and O–H groups in total. The normalized spacial score (nSPS) is 16.1. The Morgan fingerprint density at radius 3 is 1.47 bits per heavy atom. The minimum atomic E-state index is -1.62. The van der Waals surface area contributed by atoms with Crippen LogP contribution in [-0.4, -0.2) is 234 Å². The van der Waals surface area contributed by atoms with Crippen LogP contribution in [0.1, 0.15) is 65.2 Å².